The van der Waals surface area contributed by atoms with Gasteiger partial charge in [0.2, 0.25) is 11.8 Å². The third-order valence-electron chi connectivity index (χ3n) is 3.16. The van der Waals surface area contributed by atoms with E-state index in [4.69, 9.17) is 0 Å². The van der Waals surface area contributed by atoms with Crippen LogP contribution in [0.15, 0.2) is 48.5 Å². The Labute approximate surface area is 151 Å². The minimum absolute atomic E-state index is 0.104. The molecule has 10 heteroatoms. The van der Waals surface area contributed by atoms with E-state index < -0.39 is 41.7 Å². The van der Waals surface area contributed by atoms with E-state index in [2.05, 4.69) is 10.9 Å². The highest BCUT2D eigenvalue weighted by atomic mass is 19.1. The molecule has 4 amide bonds. The Morgan fingerprint density at radius 1 is 0.593 bits per heavy atom. The second-order valence-corrected chi connectivity index (χ2v) is 5.20. The van der Waals surface area contributed by atoms with Gasteiger partial charge in [-0.2, -0.15) is 0 Å². The van der Waals surface area contributed by atoms with Gasteiger partial charge in [-0.3, -0.25) is 40.9 Å². The van der Waals surface area contributed by atoms with Crippen LogP contribution in [0.5, 0.6) is 0 Å². The van der Waals surface area contributed by atoms with Crippen LogP contribution in [0.1, 0.15) is 27.1 Å². The number of hydrazine groups is 2. The summed E-state index contributed by atoms with van der Waals surface area (Å²) < 4.78 is 25.5. The van der Waals surface area contributed by atoms with Crippen molar-refractivity contribution in [1.82, 2.24) is 21.7 Å². The van der Waals surface area contributed by atoms with Gasteiger partial charge in [0.1, 0.15) is 18.1 Å². The number of amides is 4. The number of hydrogen-bond donors (Lipinski definition) is 4. The zero-order chi connectivity index (χ0) is 19.8. The topological polar surface area (TPSA) is 116 Å². The van der Waals surface area contributed by atoms with Crippen molar-refractivity contribution in [3.63, 3.8) is 0 Å². The maximum Gasteiger partial charge on any atom is 0.269 e. The Morgan fingerprint density at radius 2 is 0.926 bits per heavy atom. The van der Waals surface area contributed by atoms with Gasteiger partial charge < -0.3 is 0 Å². The lowest BCUT2D eigenvalue weighted by molar-refractivity contribution is -0.130. The average molecular weight is 376 g/mol. The molecule has 0 aliphatic carbocycles. The molecule has 0 saturated carbocycles. The van der Waals surface area contributed by atoms with Crippen molar-refractivity contribution >= 4 is 23.6 Å². The predicted molar refractivity (Wildman–Crippen MR) is 88.6 cm³/mol. The highest BCUT2D eigenvalue weighted by molar-refractivity contribution is 6.01. The second-order valence-electron chi connectivity index (χ2n) is 5.20. The molecule has 0 radical (unpaired) electrons. The first-order valence-electron chi connectivity index (χ1n) is 7.54. The third kappa shape index (κ3) is 6.20. The monoisotopic (exact) mass is 376 g/mol. The SMILES string of the molecule is O=C(CC(=O)NNC(=O)c1ccc(F)cc1)NNC(=O)c1ccc(F)cc1. The van der Waals surface area contributed by atoms with E-state index in [1.54, 1.807) is 0 Å². The molecule has 0 aliphatic rings. The van der Waals surface area contributed by atoms with Crippen LogP contribution in [0, 0.1) is 11.6 Å². The average Bonchev–Trinajstić information content (AvgIpc) is 2.65. The summed E-state index contributed by atoms with van der Waals surface area (Å²) in [6.45, 7) is 0. The van der Waals surface area contributed by atoms with Gasteiger partial charge in [-0.1, -0.05) is 0 Å². The molecule has 140 valence electrons. The number of benzene rings is 2. The lowest BCUT2D eigenvalue weighted by Crippen LogP contribution is -2.46. The number of halogens is 2. The van der Waals surface area contributed by atoms with Crippen LogP contribution in [-0.4, -0.2) is 23.6 Å². The van der Waals surface area contributed by atoms with Crippen LogP contribution in [0.4, 0.5) is 8.78 Å². The number of hydrogen-bond acceptors (Lipinski definition) is 4. The van der Waals surface area contributed by atoms with E-state index in [9.17, 15) is 28.0 Å². The van der Waals surface area contributed by atoms with Gasteiger partial charge in [-0.15, -0.1) is 0 Å². The molecular formula is C17H14F2N4O4. The first-order chi connectivity index (χ1) is 12.8. The molecule has 0 bridgehead atoms. The highest BCUT2D eigenvalue weighted by Crippen LogP contribution is 2.02. The summed E-state index contributed by atoms with van der Waals surface area (Å²) in [6, 6.07) is 9.18. The maximum absolute atomic E-state index is 12.8. The van der Waals surface area contributed by atoms with Gasteiger partial charge in [0.25, 0.3) is 11.8 Å². The molecule has 2 aromatic rings. The van der Waals surface area contributed by atoms with E-state index >= 15 is 0 Å². The van der Waals surface area contributed by atoms with Gasteiger partial charge in [-0.25, -0.2) is 8.78 Å². The zero-order valence-electron chi connectivity index (χ0n) is 13.7. The third-order valence-corrected chi connectivity index (χ3v) is 3.16. The van der Waals surface area contributed by atoms with E-state index in [0.29, 0.717) is 0 Å². The lowest BCUT2D eigenvalue weighted by Gasteiger charge is -2.09. The Hall–Kier alpha value is -3.82. The molecule has 0 unspecified atom stereocenters. The summed E-state index contributed by atoms with van der Waals surface area (Å²) in [6.07, 6.45) is -0.687. The Balaban J connectivity index is 1.72. The van der Waals surface area contributed by atoms with Crippen LogP contribution in [0.2, 0.25) is 0 Å². The fourth-order valence-corrected chi connectivity index (χ4v) is 1.83. The van der Waals surface area contributed by atoms with E-state index in [1.165, 1.54) is 24.3 Å². The predicted octanol–water partition coefficient (Wildman–Crippen LogP) is 0.577. The molecule has 0 fully saturated rings. The number of carbonyl (C=O) groups excluding carboxylic acids is 4. The molecule has 0 aromatic heterocycles. The largest absolute Gasteiger partial charge is 0.273 e. The molecule has 2 aromatic carbocycles. The van der Waals surface area contributed by atoms with E-state index in [0.717, 1.165) is 24.3 Å². The fraction of sp³-hybridized carbons (Fsp3) is 0.0588. The van der Waals surface area contributed by atoms with Crippen molar-refractivity contribution in [3.8, 4) is 0 Å². The number of carbonyl (C=O) groups is 4. The summed E-state index contributed by atoms with van der Waals surface area (Å²) in [5.74, 6) is -4.13. The molecule has 27 heavy (non-hydrogen) atoms. The Kier molecular flexibility index (Phi) is 6.53. The van der Waals surface area contributed by atoms with Crippen LogP contribution in [0.3, 0.4) is 0 Å². The summed E-state index contributed by atoms with van der Waals surface area (Å²) in [5.41, 5.74) is 8.33. The van der Waals surface area contributed by atoms with Crippen molar-refractivity contribution in [3.05, 3.63) is 71.3 Å². The molecule has 4 N–H and O–H groups in total. The molecule has 0 heterocycles. The molecule has 0 spiro atoms. The summed E-state index contributed by atoms with van der Waals surface area (Å²) in [4.78, 5) is 46.6. The second kappa shape index (κ2) is 9.04. The standard InChI is InChI=1S/C17H14F2N4O4/c18-12-5-1-10(2-6-12)16(26)22-20-14(24)9-15(25)21-23-17(27)11-3-7-13(19)8-4-11/h1-8H,9H2,(H,20,24)(H,21,25)(H,22,26)(H,23,27). The Morgan fingerprint density at radius 3 is 1.26 bits per heavy atom. The number of nitrogens with one attached hydrogen (secondary N) is 4. The van der Waals surface area contributed by atoms with Gasteiger partial charge in [0.05, 0.1) is 0 Å². The first kappa shape index (κ1) is 19.5. The van der Waals surface area contributed by atoms with E-state index in [1.807, 2.05) is 10.9 Å². The van der Waals surface area contributed by atoms with Gasteiger partial charge in [0, 0.05) is 11.1 Å². The maximum atomic E-state index is 12.8. The molecular weight excluding hydrogens is 362 g/mol. The van der Waals surface area contributed by atoms with Crippen LogP contribution in [0.25, 0.3) is 0 Å². The van der Waals surface area contributed by atoms with Crippen LogP contribution >= 0.6 is 0 Å². The molecule has 0 atom stereocenters. The highest BCUT2D eigenvalue weighted by Gasteiger charge is 2.13. The Bertz CT molecular complexity index is 783. The van der Waals surface area contributed by atoms with Gasteiger partial charge in [-0.05, 0) is 48.5 Å². The van der Waals surface area contributed by atoms with Crippen LogP contribution < -0.4 is 21.7 Å². The lowest BCUT2D eigenvalue weighted by atomic mass is 10.2. The minimum Gasteiger partial charge on any atom is -0.273 e. The van der Waals surface area contributed by atoms with Gasteiger partial charge >= 0.3 is 0 Å². The first-order valence-corrected chi connectivity index (χ1v) is 7.54. The molecule has 0 aliphatic heterocycles. The smallest absolute Gasteiger partial charge is 0.269 e. The van der Waals surface area contributed by atoms with Crippen molar-refractivity contribution in [2.24, 2.45) is 0 Å². The normalized spacial score (nSPS) is 9.85. The van der Waals surface area contributed by atoms with E-state index in [-0.39, 0.29) is 11.1 Å². The fourth-order valence-electron chi connectivity index (χ4n) is 1.83. The molecule has 0 saturated heterocycles. The summed E-state index contributed by atoms with van der Waals surface area (Å²) in [7, 11) is 0. The summed E-state index contributed by atoms with van der Waals surface area (Å²) in [5, 5.41) is 0. The van der Waals surface area contributed by atoms with Gasteiger partial charge in [0.15, 0.2) is 0 Å². The molecule has 8 nitrogen and oxygen atoms in total. The van der Waals surface area contributed by atoms with Crippen LogP contribution in [-0.2, 0) is 9.59 Å². The quantitative estimate of drug-likeness (QED) is 0.461. The van der Waals surface area contributed by atoms with Crippen molar-refractivity contribution in [2.45, 2.75) is 6.42 Å². The number of rotatable bonds is 4. The van der Waals surface area contributed by atoms with Crippen molar-refractivity contribution in [2.75, 3.05) is 0 Å². The minimum atomic E-state index is -0.848. The zero-order valence-corrected chi connectivity index (χ0v) is 13.7. The molecule has 2 rings (SSSR count). The van der Waals surface area contributed by atoms with Crippen molar-refractivity contribution < 1.29 is 28.0 Å². The summed E-state index contributed by atoms with van der Waals surface area (Å²) >= 11 is 0. The van der Waals surface area contributed by atoms with Crippen molar-refractivity contribution in [1.29, 1.82) is 0 Å².